The van der Waals surface area contributed by atoms with E-state index in [2.05, 4.69) is 6.07 Å². The summed E-state index contributed by atoms with van der Waals surface area (Å²) in [5, 5.41) is 18.6. The number of benzene rings is 1. The number of hydrogen-bond donors (Lipinski definition) is 1. The fraction of sp³-hybridized carbons (Fsp3) is 0.333. The highest BCUT2D eigenvalue weighted by Crippen LogP contribution is 2.40. The predicted molar refractivity (Wildman–Crippen MR) is 54.7 cm³/mol. The molecular weight excluding hydrogens is 190 g/mol. The first-order valence-corrected chi connectivity index (χ1v) is 4.81. The summed E-state index contributed by atoms with van der Waals surface area (Å²) >= 11 is 0. The van der Waals surface area contributed by atoms with E-state index in [4.69, 9.17) is 5.26 Å². The first-order chi connectivity index (χ1) is 7.11. The summed E-state index contributed by atoms with van der Waals surface area (Å²) in [5.74, 6) is 0. The van der Waals surface area contributed by atoms with Gasteiger partial charge in [0.15, 0.2) is 6.29 Å². The second kappa shape index (κ2) is 3.18. The first kappa shape index (κ1) is 9.88. The Balaban J connectivity index is 2.83. The van der Waals surface area contributed by atoms with E-state index in [9.17, 15) is 9.90 Å². The summed E-state index contributed by atoms with van der Waals surface area (Å²) in [4.78, 5) is 10.9. The molecule has 0 saturated carbocycles. The number of nitriles is 1. The maximum absolute atomic E-state index is 10.9. The van der Waals surface area contributed by atoms with Gasteiger partial charge < -0.3 is 5.11 Å². The minimum atomic E-state index is -0.508. The van der Waals surface area contributed by atoms with E-state index < -0.39 is 6.10 Å². The molecule has 0 aliphatic heterocycles. The number of nitrogens with zero attached hydrogens (tertiary/aromatic N) is 1. The van der Waals surface area contributed by atoms with E-state index in [1.807, 2.05) is 6.92 Å². The quantitative estimate of drug-likeness (QED) is 0.701. The largest absolute Gasteiger partial charge is 0.388 e. The molecule has 1 aromatic rings. The Morgan fingerprint density at radius 1 is 1.47 bits per heavy atom. The van der Waals surface area contributed by atoms with Gasteiger partial charge in [-0.1, -0.05) is 0 Å². The molecule has 76 valence electrons. The average Bonchev–Trinajstić information content (AvgIpc) is 2.17. The van der Waals surface area contributed by atoms with E-state index in [-0.39, 0.29) is 0 Å². The zero-order chi connectivity index (χ0) is 11.2. The van der Waals surface area contributed by atoms with E-state index in [1.54, 1.807) is 6.92 Å². The third-order valence-corrected chi connectivity index (χ3v) is 3.17. The molecule has 0 aromatic heterocycles. The van der Waals surface area contributed by atoms with Gasteiger partial charge >= 0.3 is 0 Å². The smallest absolute Gasteiger partial charge is 0.150 e. The lowest BCUT2D eigenvalue weighted by atomic mass is 9.76. The standard InChI is InChI=1S/C12H11NO2/c1-6-9(4-13)7(2)12-8(3-11(12)15)10(6)5-14/h5,11,15H,3H2,1-2H3. The highest BCUT2D eigenvalue weighted by atomic mass is 16.3. The molecular formula is C12H11NO2. The summed E-state index contributed by atoms with van der Waals surface area (Å²) in [6, 6.07) is 2.09. The van der Waals surface area contributed by atoms with Crippen molar-refractivity contribution in [1.29, 1.82) is 5.26 Å². The molecule has 0 amide bonds. The Bertz CT molecular complexity index is 498. The van der Waals surface area contributed by atoms with Gasteiger partial charge in [0, 0.05) is 12.0 Å². The number of hydrogen-bond acceptors (Lipinski definition) is 3. The second-order valence-electron chi connectivity index (χ2n) is 3.88. The fourth-order valence-corrected chi connectivity index (χ4v) is 2.31. The van der Waals surface area contributed by atoms with E-state index in [0.717, 1.165) is 28.5 Å². The van der Waals surface area contributed by atoms with Gasteiger partial charge in [-0.05, 0) is 36.1 Å². The Hall–Kier alpha value is -1.66. The van der Waals surface area contributed by atoms with Crippen molar-refractivity contribution in [3.8, 4) is 6.07 Å². The lowest BCUT2D eigenvalue weighted by Gasteiger charge is -2.31. The monoisotopic (exact) mass is 201 g/mol. The molecule has 1 unspecified atom stereocenters. The molecule has 0 radical (unpaired) electrons. The van der Waals surface area contributed by atoms with E-state index in [0.29, 0.717) is 17.5 Å². The number of aldehydes is 1. The Morgan fingerprint density at radius 2 is 2.13 bits per heavy atom. The Kier molecular flexibility index (Phi) is 2.09. The van der Waals surface area contributed by atoms with Gasteiger partial charge in [-0.15, -0.1) is 0 Å². The van der Waals surface area contributed by atoms with Crippen LogP contribution in [0.25, 0.3) is 0 Å². The summed E-state index contributed by atoms with van der Waals surface area (Å²) in [5.41, 5.74) is 4.34. The van der Waals surface area contributed by atoms with Crippen LogP contribution in [0.1, 0.15) is 44.3 Å². The molecule has 0 heterocycles. The van der Waals surface area contributed by atoms with Crippen molar-refractivity contribution in [3.05, 3.63) is 33.4 Å². The van der Waals surface area contributed by atoms with Crippen LogP contribution in [0.3, 0.4) is 0 Å². The Labute approximate surface area is 88.0 Å². The molecule has 0 fully saturated rings. The number of aliphatic hydroxyl groups excluding tert-OH is 1. The molecule has 1 aliphatic rings. The van der Waals surface area contributed by atoms with Crippen molar-refractivity contribution in [2.75, 3.05) is 0 Å². The number of rotatable bonds is 1. The maximum Gasteiger partial charge on any atom is 0.150 e. The zero-order valence-corrected chi connectivity index (χ0v) is 8.66. The van der Waals surface area contributed by atoms with Gasteiger partial charge in [0.2, 0.25) is 0 Å². The fourth-order valence-electron chi connectivity index (χ4n) is 2.31. The maximum atomic E-state index is 10.9. The predicted octanol–water partition coefficient (Wildman–Crippen LogP) is 1.58. The van der Waals surface area contributed by atoms with Crippen LogP contribution < -0.4 is 0 Å². The number of aliphatic hydroxyl groups is 1. The van der Waals surface area contributed by atoms with Crippen LogP contribution in [0.5, 0.6) is 0 Å². The van der Waals surface area contributed by atoms with Crippen molar-refractivity contribution < 1.29 is 9.90 Å². The van der Waals surface area contributed by atoms with Gasteiger partial charge in [0.25, 0.3) is 0 Å². The molecule has 3 nitrogen and oxygen atoms in total. The molecule has 0 spiro atoms. The molecule has 0 saturated heterocycles. The van der Waals surface area contributed by atoms with Crippen molar-refractivity contribution in [2.24, 2.45) is 0 Å². The molecule has 1 N–H and O–H groups in total. The molecule has 0 bridgehead atoms. The molecule has 1 aliphatic carbocycles. The Morgan fingerprint density at radius 3 is 2.60 bits per heavy atom. The highest BCUT2D eigenvalue weighted by molar-refractivity contribution is 5.84. The average molecular weight is 201 g/mol. The third kappa shape index (κ3) is 1.12. The highest BCUT2D eigenvalue weighted by Gasteiger charge is 2.31. The lowest BCUT2D eigenvalue weighted by Crippen LogP contribution is -2.22. The van der Waals surface area contributed by atoms with Crippen molar-refractivity contribution in [2.45, 2.75) is 26.4 Å². The molecule has 3 heteroatoms. The van der Waals surface area contributed by atoms with Gasteiger partial charge in [0.05, 0.1) is 17.7 Å². The zero-order valence-electron chi connectivity index (χ0n) is 8.66. The lowest BCUT2D eigenvalue weighted by molar-refractivity contribution is 0.111. The second-order valence-corrected chi connectivity index (χ2v) is 3.88. The van der Waals surface area contributed by atoms with Gasteiger partial charge in [0.1, 0.15) is 0 Å². The normalized spacial score (nSPS) is 17.6. The summed E-state index contributed by atoms with van der Waals surface area (Å²) in [6.45, 7) is 3.60. The first-order valence-electron chi connectivity index (χ1n) is 4.81. The van der Waals surface area contributed by atoms with E-state index >= 15 is 0 Å². The van der Waals surface area contributed by atoms with Crippen LogP contribution in [-0.2, 0) is 6.42 Å². The topological polar surface area (TPSA) is 61.1 Å². The van der Waals surface area contributed by atoms with Crippen molar-refractivity contribution in [3.63, 3.8) is 0 Å². The van der Waals surface area contributed by atoms with Gasteiger partial charge in [-0.3, -0.25) is 4.79 Å². The van der Waals surface area contributed by atoms with Crippen LogP contribution in [-0.4, -0.2) is 11.4 Å². The number of carbonyl (C=O) groups is 1. The third-order valence-electron chi connectivity index (χ3n) is 3.17. The van der Waals surface area contributed by atoms with Crippen LogP contribution in [0.2, 0.25) is 0 Å². The minimum Gasteiger partial charge on any atom is -0.388 e. The molecule has 1 atom stereocenters. The van der Waals surface area contributed by atoms with Crippen LogP contribution in [0.4, 0.5) is 0 Å². The molecule has 15 heavy (non-hydrogen) atoms. The number of carbonyl (C=O) groups excluding carboxylic acids is 1. The van der Waals surface area contributed by atoms with Crippen molar-refractivity contribution >= 4 is 6.29 Å². The molecule has 2 rings (SSSR count). The van der Waals surface area contributed by atoms with Crippen molar-refractivity contribution in [1.82, 2.24) is 0 Å². The molecule has 1 aromatic carbocycles. The van der Waals surface area contributed by atoms with Crippen LogP contribution >= 0.6 is 0 Å². The summed E-state index contributed by atoms with van der Waals surface area (Å²) in [6.07, 6.45) is 0.795. The van der Waals surface area contributed by atoms with Crippen LogP contribution in [0, 0.1) is 25.2 Å². The minimum absolute atomic E-state index is 0.508. The SMILES string of the molecule is Cc1c(C#N)c(C)c2c(c1C=O)CC2O. The van der Waals surface area contributed by atoms with Crippen LogP contribution in [0.15, 0.2) is 0 Å². The number of fused-ring (bicyclic) bond motifs is 1. The van der Waals surface area contributed by atoms with Gasteiger partial charge in [-0.2, -0.15) is 5.26 Å². The van der Waals surface area contributed by atoms with Gasteiger partial charge in [-0.25, -0.2) is 0 Å². The summed E-state index contributed by atoms with van der Waals surface area (Å²) in [7, 11) is 0. The summed E-state index contributed by atoms with van der Waals surface area (Å²) < 4.78 is 0. The van der Waals surface area contributed by atoms with E-state index in [1.165, 1.54) is 0 Å².